The molecule has 0 bridgehead atoms. The molecule has 3 N–H and O–H groups in total. The molecule has 13 heteroatoms. The van der Waals surface area contributed by atoms with Crippen LogP contribution in [0, 0.1) is 0 Å². The number of primary amides is 1. The average Bonchev–Trinajstić information content (AvgIpc) is 3.36. The molecule has 36 heavy (non-hydrogen) atoms. The Morgan fingerprint density at radius 1 is 1.28 bits per heavy atom. The van der Waals surface area contributed by atoms with Crippen LogP contribution in [-0.2, 0) is 16.0 Å². The van der Waals surface area contributed by atoms with Crippen LogP contribution in [0.3, 0.4) is 0 Å². The van der Waals surface area contributed by atoms with Crippen LogP contribution < -0.4 is 15.8 Å². The van der Waals surface area contributed by atoms with Gasteiger partial charge in [-0.1, -0.05) is 12.1 Å². The normalized spacial score (nSPS) is 17.9. The molecule has 0 saturated carbocycles. The third-order valence-corrected chi connectivity index (χ3v) is 6.07. The van der Waals surface area contributed by atoms with E-state index in [1.807, 2.05) is 24.3 Å². The lowest BCUT2D eigenvalue weighted by atomic mass is 10.1. The SMILES string of the molecule is COc1ccc(CNc2c(C(N)=O)c(Br)nn2[C@H]2C[C@H](COC(F)F)N(C(=O)OC(C)(C)C)C2)cc1. The molecular weight excluding hydrogens is 544 g/mol. The second kappa shape index (κ2) is 11.4. The highest BCUT2D eigenvalue weighted by molar-refractivity contribution is 9.10. The number of carbonyl (C=O) groups is 2. The highest BCUT2D eigenvalue weighted by Crippen LogP contribution is 2.35. The molecule has 2 aromatic rings. The summed E-state index contributed by atoms with van der Waals surface area (Å²) in [5, 5.41) is 7.64. The molecule has 10 nitrogen and oxygen atoms in total. The Balaban J connectivity index is 1.89. The number of benzene rings is 1. The lowest BCUT2D eigenvalue weighted by Crippen LogP contribution is -2.42. The van der Waals surface area contributed by atoms with Crippen molar-refractivity contribution in [3.8, 4) is 5.75 Å². The van der Waals surface area contributed by atoms with Gasteiger partial charge in [-0.15, -0.1) is 0 Å². The van der Waals surface area contributed by atoms with E-state index in [0.29, 0.717) is 18.1 Å². The molecule has 1 aromatic carbocycles. The highest BCUT2D eigenvalue weighted by Gasteiger charge is 2.41. The van der Waals surface area contributed by atoms with E-state index in [2.05, 4.69) is 31.1 Å². The van der Waals surface area contributed by atoms with Gasteiger partial charge < -0.3 is 30.2 Å². The highest BCUT2D eigenvalue weighted by atomic mass is 79.9. The third kappa shape index (κ3) is 6.84. The van der Waals surface area contributed by atoms with Crippen molar-refractivity contribution in [1.82, 2.24) is 14.7 Å². The number of carbonyl (C=O) groups excluding carboxylic acids is 2. The van der Waals surface area contributed by atoms with E-state index in [0.717, 1.165) is 5.56 Å². The van der Waals surface area contributed by atoms with Crippen molar-refractivity contribution in [3.63, 3.8) is 0 Å². The Labute approximate surface area is 216 Å². The van der Waals surface area contributed by atoms with E-state index >= 15 is 0 Å². The number of nitrogens with one attached hydrogen (secondary N) is 1. The van der Waals surface area contributed by atoms with E-state index in [4.69, 9.17) is 15.2 Å². The van der Waals surface area contributed by atoms with Gasteiger partial charge in [-0.2, -0.15) is 13.9 Å². The topological polar surface area (TPSA) is 121 Å². The van der Waals surface area contributed by atoms with Crippen LogP contribution in [0.15, 0.2) is 28.9 Å². The van der Waals surface area contributed by atoms with Crippen molar-refractivity contribution in [1.29, 1.82) is 0 Å². The summed E-state index contributed by atoms with van der Waals surface area (Å²) >= 11 is 3.29. The molecule has 0 spiro atoms. The van der Waals surface area contributed by atoms with Gasteiger partial charge >= 0.3 is 12.7 Å². The summed E-state index contributed by atoms with van der Waals surface area (Å²) in [6.45, 7) is 2.23. The van der Waals surface area contributed by atoms with Gasteiger partial charge in [0.15, 0.2) is 0 Å². The van der Waals surface area contributed by atoms with Gasteiger partial charge in [-0.05, 0) is 60.8 Å². The molecule has 1 aliphatic heterocycles. The van der Waals surface area contributed by atoms with Crippen LogP contribution >= 0.6 is 15.9 Å². The number of alkyl halides is 2. The molecule has 1 fully saturated rings. The van der Waals surface area contributed by atoms with Crippen molar-refractivity contribution < 1.29 is 32.6 Å². The standard InChI is InChI=1S/C23H30BrF2N5O5/c1-23(2,3)36-22(33)30-11-14(9-15(30)12-35-21(25)26)31-20(17(19(27)32)18(24)29-31)28-10-13-5-7-16(34-4)8-6-13/h5-8,14-15,21,28H,9-12H2,1-4H3,(H2,27,32)/t14-,15+/m0/s1. The molecule has 2 atom stereocenters. The Morgan fingerprint density at radius 3 is 2.50 bits per heavy atom. The van der Waals surface area contributed by atoms with Crippen LogP contribution in [0.2, 0.25) is 0 Å². The molecule has 2 heterocycles. The third-order valence-electron chi connectivity index (χ3n) is 5.51. The van der Waals surface area contributed by atoms with E-state index in [1.165, 1.54) is 4.90 Å². The Morgan fingerprint density at radius 2 is 1.94 bits per heavy atom. The van der Waals surface area contributed by atoms with Gasteiger partial charge in [-0.25, -0.2) is 9.48 Å². The first-order chi connectivity index (χ1) is 16.9. The maximum absolute atomic E-state index is 12.8. The zero-order chi connectivity index (χ0) is 26.6. The van der Waals surface area contributed by atoms with Gasteiger partial charge in [0.1, 0.15) is 27.3 Å². The number of hydrogen-bond donors (Lipinski definition) is 2. The number of amides is 2. The molecule has 1 aromatic heterocycles. The zero-order valence-electron chi connectivity index (χ0n) is 20.5. The van der Waals surface area contributed by atoms with Gasteiger partial charge in [0.05, 0.1) is 25.8 Å². The van der Waals surface area contributed by atoms with E-state index in [-0.39, 0.29) is 29.7 Å². The largest absolute Gasteiger partial charge is 0.497 e. The van der Waals surface area contributed by atoms with Gasteiger partial charge in [0.25, 0.3) is 5.91 Å². The van der Waals surface area contributed by atoms with E-state index in [1.54, 1.807) is 32.6 Å². The zero-order valence-corrected chi connectivity index (χ0v) is 22.1. The lowest BCUT2D eigenvalue weighted by Gasteiger charge is -2.28. The van der Waals surface area contributed by atoms with E-state index < -0.39 is 36.3 Å². The first-order valence-corrected chi connectivity index (χ1v) is 12.0. The predicted octanol–water partition coefficient (Wildman–Crippen LogP) is 4.15. The molecule has 1 saturated heterocycles. The number of likely N-dealkylation sites (tertiary alicyclic amines) is 1. The Kier molecular flexibility index (Phi) is 8.77. The van der Waals surface area contributed by atoms with Gasteiger partial charge in [0, 0.05) is 13.1 Å². The van der Waals surface area contributed by atoms with Crippen molar-refractivity contribution in [2.45, 2.75) is 58.0 Å². The maximum atomic E-state index is 12.8. The molecule has 0 unspecified atom stereocenters. The summed E-state index contributed by atoms with van der Waals surface area (Å²) in [6, 6.07) is 6.19. The van der Waals surface area contributed by atoms with Gasteiger partial charge in [-0.3, -0.25) is 4.79 Å². The molecule has 0 aliphatic carbocycles. The quantitative estimate of drug-likeness (QED) is 0.462. The number of halogens is 3. The Hall–Kier alpha value is -2.93. The first kappa shape index (κ1) is 27.7. The van der Waals surface area contributed by atoms with Crippen LogP contribution in [0.1, 0.15) is 49.2 Å². The van der Waals surface area contributed by atoms with Crippen molar-refractivity contribution >= 4 is 33.7 Å². The summed E-state index contributed by atoms with van der Waals surface area (Å²) < 4.78 is 42.5. The van der Waals surface area contributed by atoms with Crippen LogP contribution in [0.4, 0.5) is 19.4 Å². The number of anilines is 1. The van der Waals surface area contributed by atoms with Crippen LogP contribution in [-0.4, -0.2) is 65.2 Å². The van der Waals surface area contributed by atoms with Crippen molar-refractivity contribution in [3.05, 3.63) is 40.0 Å². The maximum Gasteiger partial charge on any atom is 0.410 e. The fraction of sp³-hybridized carbons (Fsp3) is 0.522. The smallest absolute Gasteiger partial charge is 0.410 e. The summed E-state index contributed by atoms with van der Waals surface area (Å²) in [6.07, 6.45) is -0.405. The fourth-order valence-corrected chi connectivity index (χ4v) is 4.50. The van der Waals surface area contributed by atoms with Crippen molar-refractivity contribution in [2.75, 3.05) is 25.6 Å². The monoisotopic (exact) mass is 573 g/mol. The first-order valence-electron chi connectivity index (χ1n) is 11.2. The van der Waals surface area contributed by atoms with E-state index in [9.17, 15) is 18.4 Å². The minimum atomic E-state index is -2.98. The number of hydrogen-bond acceptors (Lipinski definition) is 7. The second-order valence-electron chi connectivity index (χ2n) is 9.29. The lowest BCUT2D eigenvalue weighted by molar-refractivity contribution is -0.138. The van der Waals surface area contributed by atoms with Crippen molar-refractivity contribution in [2.24, 2.45) is 5.73 Å². The molecule has 198 valence electrons. The second-order valence-corrected chi connectivity index (χ2v) is 10.0. The predicted molar refractivity (Wildman–Crippen MR) is 131 cm³/mol. The average molecular weight is 574 g/mol. The summed E-state index contributed by atoms with van der Waals surface area (Å²) in [4.78, 5) is 26.4. The minimum absolute atomic E-state index is 0.107. The number of aromatic nitrogens is 2. The summed E-state index contributed by atoms with van der Waals surface area (Å²) in [5.74, 6) is 0.342. The van der Waals surface area contributed by atoms with Crippen LogP contribution in [0.5, 0.6) is 5.75 Å². The molecule has 0 radical (unpaired) electrons. The molecule has 2 amide bonds. The Bertz CT molecular complexity index is 1070. The molecular formula is C23H30BrF2N5O5. The number of nitrogens with two attached hydrogens (primary N) is 1. The number of nitrogens with zero attached hydrogens (tertiary/aromatic N) is 3. The summed E-state index contributed by atoms with van der Waals surface area (Å²) in [7, 11) is 1.57. The minimum Gasteiger partial charge on any atom is -0.497 e. The molecule has 3 rings (SSSR count). The number of methoxy groups -OCH3 is 1. The number of ether oxygens (including phenoxy) is 3. The van der Waals surface area contributed by atoms with Gasteiger partial charge in [0.2, 0.25) is 0 Å². The fourth-order valence-electron chi connectivity index (χ4n) is 3.94. The molecule has 1 aliphatic rings. The van der Waals surface area contributed by atoms with Crippen LogP contribution in [0.25, 0.3) is 0 Å². The summed E-state index contributed by atoms with van der Waals surface area (Å²) in [5.41, 5.74) is 5.89. The number of rotatable bonds is 9.